The van der Waals surface area contributed by atoms with Crippen LogP contribution in [0.25, 0.3) is 22.4 Å². The molecule has 4 amide bonds. The van der Waals surface area contributed by atoms with Crippen LogP contribution in [-0.4, -0.2) is 48.3 Å². The molecule has 1 unspecified atom stereocenters. The first-order valence-corrected chi connectivity index (χ1v) is 17.5. The van der Waals surface area contributed by atoms with Crippen molar-refractivity contribution in [1.82, 2.24) is 10.6 Å². The van der Waals surface area contributed by atoms with Gasteiger partial charge in [0.25, 0.3) is 0 Å². The number of benzene rings is 3. The molecule has 7 heteroatoms. The van der Waals surface area contributed by atoms with Gasteiger partial charge in [-0.25, -0.2) is 9.37 Å². The Bertz CT molecular complexity index is 2330. The molecular weight excluding hydrogens is 620 g/mol. The molecule has 0 saturated carbocycles. The first-order chi connectivity index (χ1) is 23.9. The van der Waals surface area contributed by atoms with Crippen molar-refractivity contribution in [1.29, 1.82) is 0 Å². The van der Waals surface area contributed by atoms with Crippen LogP contribution in [-0.2, 0) is 15.0 Å². The molecule has 0 radical (unpaired) electrons. The lowest BCUT2D eigenvalue weighted by Gasteiger charge is -2.25. The third-order valence-corrected chi connectivity index (χ3v) is 11.7. The van der Waals surface area contributed by atoms with E-state index < -0.39 is 23.8 Å². The van der Waals surface area contributed by atoms with Crippen molar-refractivity contribution < 1.29 is 19.0 Å². The van der Waals surface area contributed by atoms with Gasteiger partial charge in [-0.05, 0) is 88.4 Å². The summed E-state index contributed by atoms with van der Waals surface area (Å²) in [4.78, 5) is 41.1. The molecule has 8 rings (SSSR count). The molecule has 0 bridgehead atoms. The fraction of sp³-hybridized carbons (Fsp3) is 0.302. The summed E-state index contributed by atoms with van der Waals surface area (Å²) >= 11 is 0. The molecule has 1 atom stereocenters. The van der Waals surface area contributed by atoms with E-state index in [1.165, 1.54) is 43.7 Å². The van der Waals surface area contributed by atoms with Crippen LogP contribution in [0.1, 0.15) is 52.5 Å². The van der Waals surface area contributed by atoms with Gasteiger partial charge in [-0.2, -0.15) is 0 Å². The monoisotopic (exact) mass is 663 g/mol. The van der Waals surface area contributed by atoms with E-state index >= 15 is 0 Å². The van der Waals surface area contributed by atoms with E-state index in [1.807, 2.05) is 0 Å². The van der Waals surface area contributed by atoms with Gasteiger partial charge >= 0.3 is 6.03 Å². The van der Waals surface area contributed by atoms with Crippen molar-refractivity contribution in [2.75, 3.05) is 19.0 Å². The number of carbonyl (C=O) groups excluding carboxylic acids is 3. The van der Waals surface area contributed by atoms with Gasteiger partial charge in [0.15, 0.2) is 11.8 Å². The van der Waals surface area contributed by atoms with Crippen molar-refractivity contribution in [3.63, 3.8) is 0 Å². The molecule has 1 fully saturated rings. The second-order valence-electron chi connectivity index (χ2n) is 15.2. The third-order valence-electron chi connectivity index (χ3n) is 11.7. The molecule has 1 saturated heterocycles. The number of barbiturate groups is 1. The van der Waals surface area contributed by atoms with Gasteiger partial charge in [0.05, 0.1) is 11.8 Å². The molecule has 252 valence electrons. The number of urea groups is 1. The maximum Gasteiger partial charge on any atom is 0.328 e. The van der Waals surface area contributed by atoms with E-state index in [0.29, 0.717) is 18.4 Å². The molecule has 0 spiro atoms. The maximum atomic E-state index is 13.4. The number of hydrogen-bond acceptors (Lipinski definition) is 4. The number of hydrogen-bond donors (Lipinski definition) is 2. The van der Waals surface area contributed by atoms with Gasteiger partial charge < -0.3 is 4.90 Å². The predicted octanol–water partition coefficient (Wildman–Crippen LogP) is 5.53. The Kier molecular flexibility index (Phi) is 7.26. The fourth-order valence-corrected chi connectivity index (χ4v) is 9.40. The molecule has 50 heavy (non-hydrogen) atoms. The molecule has 3 aromatic carbocycles. The highest BCUT2D eigenvalue weighted by Gasteiger charge is 2.50. The molecule has 2 aliphatic carbocycles. The number of allylic oxidation sites excluding steroid dienone is 6. The molecular formula is C43H43N4O3+. The highest BCUT2D eigenvalue weighted by atomic mass is 16.2. The summed E-state index contributed by atoms with van der Waals surface area (Å²) in [6.07, 6.45) is 13.2. The topological polar surface area (TPSA) is 81.5 Å². The molecule has 0 aromatic heterocycles. The van der Waals surface area contributed by atoms with Crippen molar-refractivity contribution in [3.05, 3.63) is 123 Å². The predicted molar refractivity (Wildman–Crippen MR) is 199 cm³/mol. The number of nitrogens with zero attached hydrogens (tertiary/aromatic N) is 2. The first-order valence-electron chi connectivity index (χ1n) is 17.5. The van der Waals surface area contributed by atoms with Crippen molar-refractivity contribution >= 4 is 51.7 Å². The molecule has 5 aliphatic rings. The number of likely N-dealkylation sites (N-methyl/N-ethyl adjacent to an activating group) is 2. The van der Waals surface area contributed by atoms with Crippen molar-refractivity contribution in [2.24, 2.45) is 11.3 Å². The van der Waals surface area contributed by atoms with Gasteiger partial charge in [0.1, 0.15) is 13.0 Å². The summed E-state index contributed by atoms with van der Waals surface area (Å²) < 4.78 is 2.38. The van der Waals surface area contributed by atoms with Crippen molar-refractivity contribution in [2.45, 2.75) is 58.4 Å². The number of rotatable bonds is 4. The number of nitrogens with one attached hydrogen (secondary N) is 2. The van der Waals surface area contributed by atoms with E-state index in [4.69, 9.17) is 0 Å². The molecule has 3 aromatic rings. The van der Waals surface area contributed by atoms with E-state index in [2.05, 4.69) is 153 Å². The number of anilines is 1. The minimum atomic E-state index is -1.11. The van der Waals surface area contributed by atoms with Crippen LogP contribution in [0.2, 0.25) is 0 Å². The number of carbonyl (C=O) groups is 3. The smallest absolute Gasteiger partial charge is 0.328 e. The fourth-order valence-electron chi connectivity index (χ4n) is 9.40. The maximum absolute atomic E-state index is 13.4. The van der Waals surface area contributed by atoms with Gasteiger partial charge in [0.2, 0.25) is 11.8 Å². The highest BCUT2D eigenvalue weighted by Crippen LogP contribution is 2.50. The second kappa shape index (κ2) is 11.4. The average Bonchev–Trinajstić information content (AvgIpc) is 3.63. The van der Waals surface area contributed by atoms with Crippen LogP contribution in [0.15, 0.2) is 107 Å². The summed E-state index contributed by atoms with van der Waals surface area (Å²) in [7, 11) is 4.26. The van der Waals surface area contributed by atoms with Gasteiger partial charge in [-0.15, -0.1) is 0 Å². The van der Waals surface area contributed by atoms with Gasteiger partial charge in [0, 0.05) is 29.4 Å². The Morgan fingerprint density at radius 2 is 1.60 bits per heavy atom. The van der Waals surface area contributed by atoms with Crippen LogP contribution < -0.4 is 26.0 Å². The zero-order valence-corrected chi connectivity index (χ0v) is 29.6. The Morgan fingerprint density at radius 3 is 2.38 bits per heavy atom. The lowest BCUT2D eigenvalue weighted by atomic mass is 9.75. The number of imide groups is 2. The SMILES string of the molecule is CN1C(=CC=C2CCC(C=CC3[N+](C)=C4CC=c5ccccc5=C4C3(C)C)=C2C2C(=O)NC(=O)NC2=O)C(C)(C)c2c1ccc1ccccc21. The minimum absolute atomic E-state index is 0.0767. The van der Waals surface area contributed by atoms with E-state index in [0.717, 1.165) is 23.3 Å². The minimum Gasteiger partial charge on any atom is -0.347 e. The third kappa shape index (κ3) is 4.70. The summed E-state index contributed by atoms with van der Waals surface area (Å²) in [6, 6.07) is 20.8. The summed E-state index contributed by atoms with van der Waals surface area (Å²) in [5.74, 6) is -2.28. The van der Waals surface area contributed by atoms with Gasteiger partial charge in [-0.1, -0.05) is 86.7 Å². The van der Waals surface area contributed by atoms with E-state index in [9.17, 15) is 14.4 Å². The zero-order valence-electron chi connectivity index (χ0n) is 29.6. The average molecular weight is 664 g/mol. The zero-order chi connectivity index (χ0) is 35.1. The van der Waals surface area contributed by atoms with Crippen LogP contribution in [0, 0.1) is 11.3 Å². The van der Waals surface area contributed by atoms with Crippen LogP contribution >= 0.6 is 0 Å². The number of fused-ring (bicyclic) bond motifs is 5. The Balaban J connectivity index is 1.22. The van der Waals surface area contributed by atoms with Crippen LogP contribution in [0.3, 0.4) is 0 Å². The quantitative estimate of drug-likeness (QED) is 0.284. The molecule has 7 nitrogen and oxygen atoms in total. The van der Waals surface area contributed by atoms with Crippen LogP contribution in [0.4, 0.5) is 10.5 Å². The standard InChI is InChI=1S/C43H42N4O3/c1-42(2)33(46(5)31-21-17-25-11-7-9-13-29(25)37(31)42)23-19-27-15-16-28(35(27)36-39(48)44-41(50)45-40(36)49)20-24-34-43(3,4)38-30-14-10-8-12-26(30)18-22-32(38)47(34)6/h7-14,17-21,23-24,34,36H,15-16,22H2,1-6H3,(H-,44,45,48,49,50)/p+1. The summed E-state index contributed by atoms with van der Waals surface area (Å²) in [5, 5.41) is 9.71. The normalized spacial score (nSPS) is 24.4. The number of amides is 4. The molecule has 3 aliphatic heterocycles. The Hall–Kier alpha value is -5.30. The summed E-state index contributed by atoms with van der Waals surface area (Å²) in [5.41, 5.74) is 8.44. The van der Waals surface area contributed by atoms with Gasteiger partial charge in [-0.3, -0.25) is 20.2 Å². The van der Waals surface area contributed by atoms with E-state index in [-0.39, 0.29) is 16.9 Å². The lowest BCUT2D eigenvalue weighted by Crippen LogP contribution is -2.56. The van der Waals surface area contributed by atoms with Crippen molar-refractivity contribution in [3.8, 4) is 0 Å². The van der Waals surface area contributed by atoms with Crippen LogP contribution in [0.5, 0.6) is 0 Å². The Morgan fingerprint density at radius 1 is 0.880 bits per heavy atom. The second-order valence-corrected chi connectivity index (χ2v) is 15.2. The molecule has 2 N–H and O–H groups in total. The molecule has 3 heterocycles. The highest BCUT2D eigenvalue weighted by molar-refractivity contribution is 6.21. The van der Waals surface area contributed by atoms with E-state index in [1.54, 1.807) is 0 Å². The largest absolute Gasteiger partial charge is 0.347 e. The first kappa shape index (κ1) is 31.9. The summed E-state index contributed by atoms with van der Waals surface area (Å²) in [6.45, 7) is 9.12. The lowest BCUT2D eigenvalue weighted by molar-refractivity contribution is -0.529. The Labute approximate surface area is 292 Å².